The molecule has 0 spiro atoms. The number of carbonyl (C=O) groups excluding carboxylic acids is 1. The lowest BCUT2D eigenvalue weighted by Crippen LogP contribution is -2.38. The first-order valence-corrected chi connectivity index (χ1v) is 7.87. The lowest BCUT2D eigenvalue weighted by atomic mass is 9.84. The number of ether oxygens (including phenoxy) is 1. The first-order valence-electron chi connectivity index (χ1n) is 6.71. The highest BCUT2D eigenvalue weighted by Gasteiger charge is 2.21. The molecule has 1 rings (SSSR count). The Bertz CT molecular complexity index is 244. The zero-order valence-electron chi connectivity index (χ0n) is 11.1. The summed E-state index contributed by atoms with van der Waals surface area (Å²) in [5, 5.41) is 9.94. The fourth-order valence-corrected chi connectivity index (χ4v) is 3.30. The Hall–Kier alpha value is -0.260. The van der Waals surface area contributed by atoms with Crippen molar-refractivity contribution in [2.75, 3.05) is 18.6 Å². The average Bonchev–Trinajstić information content (AvgIpc) is 2.39. The van der Waals surface area contributed by atoms with Crippen LogP contribution in [0.3, 0.4) is 0 Å². The maximum absolute atomic E-state index is 10.9. The summed E-state index contributed by atoms with van der Waals surface area (Å²) in [6.45, 7) is 0. The minimum Gasteiger partial charge on any atom is -0.468 e. The van der Waals surface area contributed by atoms with Crippen LogP contribution in [0.25, 0.3) is 0 Å². The van der Waals surface area contributed by atoms with E-state index in [9.17, 15) is 9.90 Å². The molecule has 2 atom stereocenters. The van der Waals surface area contributed by atoms with Crippen LogP contribution in [0.1, 0.15) is 38.5 Å². The second-order valence-corrected chi connectivity index (χ2v) is 6.09. The van der Waals surface area contributed by atoms with Crippen LogP contribution in [0.4, 0.5) is 0 Å². The van der Waals surface area contributed by atoms with Gasteiger partial charge in [-0.3, -0.25) is 4.79 Å². The molecule has 1 saturated carbocycles. The van der Waals surface area contributed by atoms with E-state index in [2.05, 4.69) is 4.74 Å². The molecule has 4 nitrogen and oxygen atoms in total. The largest absolute Gasteiger partial charge is 0.468 e. The summed E-state index contributed by atoms with van der Waals surface area (Å²) < 4.78 is 4.54. The van der Waals surface area contributed by atoms with E-state index in [1.165, 1.54) is 51.0 Å². The molecule has 18 heavy (non-hydrogen) atoms. The number of esters is 1. The Morgan fingerprint density at radius 1 is 1.44 bits per heavy atom. The molecule has 0 unspecified atom stereocenters. The van der Waals surface area contributed by atoms with Crippen LogP contribution in [0.15, 0.2) is 0 Å². The van der Waals surface area contributed by atoms with E-state index in [4.69, 9.17) is 5.73 Å². The molecule has 0 aromatic carbocycles. The van der Waals surface area contributed by atoms with Gasteiger partial charge in [-0.15, -0.1) is 11.8 Å². The maximum atomic E-state index is 10.9. The van der Waals surface area contributed by atoms with Gasteiger partial charge in [-0.2, -0.15) is 0 Å². The summed E-state index contributed by atoms with van der Waals surface area (Å²) in [6, 6.07) is -0.168. The van der Waals surface area contributed by atoms with Crippen LogP contribution < -0.4 is 5.73 Å². The summed E-state index contributed by atoms with van der Waals surface area (Å²) in [4.78, 5) is 10.9. The standard InChI is InChI=1S/C13H25NO3S/c1-17-13(16)9-18-8-12(15)11(14)7-10-5-3-2-4-6-10/h10-12,15H,2-9,14H2,1H3/t11-,12+/m0/s1. The highest BCUT2D eigenvalue weighted by atomic mass is 32.2. The van der Waals surface area contributed by atoms with Gasteiger partial charge in [0.1, 0.15) is 0 Å². The Balaban J connectivity index is 2.15. The van der Waals surface area contributed by atoms with Gasteiger partial charge < -0.3 is 15.6 Å². The Morgan fingerprint density at radius 2 is 2.11 bits per heavy atom. The lowest BCUT2D eigenvalue weighted by molar-refractivity contribution is -0.137. The van der Waals surface area contributed by atoms with E-state index in [-0.39, 0.29) is 17.8 Å². The smallest absolute Gasteiger partial charge is 0.315 e. The molecule has 1 aliphatic rings. The summed E-state index contributed by atoms with van der Waals surface area (Å²) in [6.07, 6.45) is 6.80. The molecule has 0 saturated heterocycles. The van der Waals surface area contributed by atoms with E-state index in [1.807, 2.05) is 0 Å². The van der Waals surface area contributed by atoms with Crippen molar-refractivity contribution < 1.29 is 14.6 Å². The predicted molar refractivity (Wildman–Crippen MR) is 74.5 cm³/mol. The van der Waals surface area contributed by atoms with Gasteiger partial charge in [0.25, 0.3) is 0 Å². The summed E-state index contributed by atoms with van der Waals surface area (Å²) >= 11 is 1.38. The van der Waals surface area contributed by atoms with Crippen LogP contribution in [-0.4, -0.2) is 41.8 Å². The molecule has 5 heteroatoms. The fourth-order valence-electron chi connectivity index (χ4n) is 2.41. The fraction of sp³-hybridized carbons (Fsp3) is 0.923. The highest BCUT2D eigenvalue weighted by molar-refractivity contribution is 7.99. The Morgan fingerprint density at radius 3 is 2.72 bits per heavy atom. The molecular weight excluding hydrogens is 250 g/mol. The first-order chi connectivity index (χ1) is 8.63. The molecule has 3 N–H and O–H groups in total. The molecule has 0 radical (unpaired) electrons. The molecule has 0 aliphatic heterocycles. The second-order valence-electron chi connectivity index (χ2n) is 5.06. The Kier molecular flexibility index (Phi) is 7.70. The van der Waals surface area contributed by atoms with Crippen LogP contribution >= 0.6 is 11.8 Å². The van der Waals surface area contributed by atoms with E-state index < -0.39 is 6.10 Å². The molecule has 0 aromatic rings. The number of hydrogen-bond donors (Lipinski definition) is 2. The summed E-state index contributed by atoms with van der Waals surface area (Å²) in [5.41, 5.74) is 6.02. The monoisotopic (exact) mass is 275 g/mol. The van der Waals surface area contributed by atoms with Crippen molar-refractivity contribution in [1.82, 2.24) is 0 Å². The summed E-state index contributed by atoms with van der Waals surface area (Å²) in [7, 11) is 1.37. The van der Waals surface area contributed by atoms with Gasteiger partial charge in [-0.1, -0.05) is 32.1 Å². The number of rotatable bonds is 7. The molecular formula is C13H25NO3S. The van der Waals surface area contributed by atoms with E-state index in [1.54, 1.807) is 0 Å². The van der Waals surface area contributed by atoms with E-state index >= 15 is 0 Å². The lowest BCUT2D eigenvalue weighted by Gasteiger charge is -2.26. The topological polar surface area (TPSA) is 72.5 Å². The van der Waals surface area contributed by atoms with Crippen molar-refractivity contribution in [3.05, 3.63) is 0 Å². The van der Waals surface area contributed by atoms with Crippen molar-refractivity contribution in [2.45, 2.75) is 50.7 Å². The van der Waals surface area contributed by atoms with E-state index in [0.29, 0.717) is 11.7 Å². The number of aliphatic hydroxyl groups is 1. The number of methoxy groups -OCH3 is 1. The Labute approximate surface area is 114 Å². The van der Waals surface area contributed by atoms with Crippen molar-refractivity contribution in [2.24, 2.45) is 11.7 Å². The zero-order chi connectivity index (χ0) is 13.4. The predicted octanol–water partition coefficient (Wildman–Crippen LogP) is 1.55. The molecule has 106 valence electrons. The van der Waals surface area contributed by atoms with Gasteiger partial charge in [0.05, 0.1) is 19.0 Å². The molecule has 0 amide bonds. The van der Waals surface area contributed by atoms with Crippen molar-refractivity contribution in [1.29, 1.82) is 0 Å². The quantitative estimate of drug-likeness (QED) is 0.690. The number of carbonyl (C=O) groups is 1. The SMILES string of the molecule is COC(=O)CSC[C@@H](O)[C@@H](N)CC1CCCCC1. The van der Waals surface area contributed by atoms with Crippen molar-refractivity contribution in [3.63, 3.8) is 0 Å². The first kappa shape index (κ1) is 15.8. The third kappa shape index (κ3) is 6.07. The number of aliphatic hydroxyl groups excluding tert-OH is 1. The number of thioether (sulfide) groups is 1. The number of nitrogens with two attached hydrogens (primary N) is 1. The van der Waals surface area contributed by atoms with E-state index in [0.717, 1.165) is 6.42 Å². The van der Waals surface area contributed by atoms with Gasteiger partial charge in [0.2, 0.25) is 0 Å². The van der Waals surface area contributed by atoms with Gasteiger partial charge in [0.15, 0.2) is 0 Å². The highest BCUT2D eigenvalue weighted by Crippen LogP contribution is 2.27. The van der Waals surface area contributed by atoms with Crippen molar-refractivity contribution >= 4 is 17.7 Å². The molecule has 0 aromatic heterocycles. The average molecular weight is 275 g/mol. The van der Waals surface area contributed by atoms with Gasteiger partial charge in [0, 0.05) is 11.8 Å². The van der Waals surface area contributed by atoms with Gasteiger partial charge in [-0.25, -0.2) is 0 Å². The zero-order valence-corrected chi connectivity index (χ0v) is 12.0. The van der Waals surface area contributed by atoms with Gasteiger partial charge >= 0.3 is 5.97 Å². The third-order valence-corrected chi connectivity index (χ3v) is 4.58. The molecule has 1 aliphatic carbocycles. The minimum absolute atomic E-state index is 0.168. The normalized spacial score (nSPS) is 20.4. The summed E-state index contributed by atoms with van der Waals surface area (Å²) in [5.74, 6) is 1.20. The second kappa shape index (κ2) is 8.77. The molecule has 1 fully saturated rings. The van der Waals surface area contributed by atoms with Crippen LogP contribution in [0.5, 0.6) is 0 Å². The number of hydrogen-bond acceptors (Lipinski definition) is 5. The molecule has 0 heterocycles. The third-order valence-electron chi connectivity index (χ3n) is 3.56. The van der Waals surface area contributed by atoms with Crippen molar-refractivity contribution in [3.8, 4) is 0 Å². The maximum Gasteiger partial charge on any atom is 0.315 e. The minimum atomic E-state index is -0.526. The van der Waals surface area contributed by atoms with Crippen LogP contribution in [0.2, 0.25) is 0 Å². The van der Waals surface area contributed by atoms with Crippen LogP contribution in [-0.2, 0) is 9.53 Å². The van der Waals surface area contributed by atoms with Gasteiger partial charge in [-0.05, 0) is 12.3 Å². The van der Waals surface area contributed by atoms with Crippen LogP contribution in [0, 0.1) is 5.92 Å². The molecule has 0 bridgehead atoms.